The molecule has 0 radical (unpaired) electrons. The summed E-state index contributed by atoms with van der Waals surface area (Å²) in [6, 6.07) is 10.5. The second-order valence-corrected chi connectivity index (χ2v) is 9.96. The van der Waals surface area contributed by atoms with Crippen LogP contribution in [0.2, 0.25) is 0 Å². The van der Waals surface area contributed by atoms with Crippen molar-refractivity contribution in [3.8, 4) is 0 Å². The fraction of sp³-hybridized carbons (Fsp3) is 0.480. The summed E-state index contributed by atoms with van der Waals surface area (Å²) in [6.07, 6.45) is -8.50. The Morgan fingerprint density at radius 3 is 1.94 bits per heavy atom. The molecule has 0 bridgehead atoms. The molecule has 184 valence electrons. The second kappa shape index (κ2) is 8.59. The van der Waals surface area contributed by atoms with Crippen LogP contribution in [0, 0.1) is 0 Å². The Morgan fingerprint density at radius 1 is 0.824 bits per heavy atom. The van der Waals surface area contributed by atoms with E-state index < -0.39 is 29.8 Å². The minimum absolute atomic E-state index is 0.0570. The third kappa shape index (κ3) is 5.09. The minimum Gasteiger partial charge on any atom is -0.317 e. The average molecular weight is 484 g/mol. The van der Waals surface area contributed by atoms with Gasteiger partial charge in [-0.3, -0.25) is 4.90 Å². The number of halogens is 6. The van der Waals surface area contributed by atoms with Gasteiger partial charge in [-0.15, -0.1) is 0 Å². The van der Waals surface area contributed by atoms with Crippen molar-refractivity contribution in [3.05, 3.63) is 65.0 Å². The average Bonchev–Trinajstić information content (AvgIpc) is 3.13. The number of nitrogens with zero attached hydrogens (tertiary/aromatic N) is 3. The maximum absolute atomic E-state index is 13.7. The number of aromatic nitrogens is 2. The number of piperidine rings is 1. The molecular weight excluding hydrogens is 456 g/mol. The molecule has 3 aromatic rings. The maximum atomic E-state index is 13.7. The number of hydrogen-bond donors (Lipinski definition) is 0. The Kier molecular flexibility index (Phi) is 6.21. The summed E-state index contributed by atoms with van der Waals surface area (Å²) in [5.74, 6) is -1.14. The summed E-state index contributed by atoms with van der Waals surface area (Å²) in [7, 11) is 0. The maximum Gasteiger partial charge on any atom is 0.449 e. The Balaban J connectivity index is 1.53. The van der Waals surface area contributed by atoms with Crippen molar-refractivity contribution in [2.45, 2.75) is 64.0 Å². The van der Waals surface area contributed by atoms with Gasteiger partial charge >= 0.3 is 12.4 Å². The van der Waals surface area contributed by atoms with E-state index in [9.17, 15) is 26.3 Å². The van der Waals surface area contributed by atoms with Gasteiger partial charge in [0.05, 0.1) is 16.6 Å². The third-order valence-electron chi connectivity index (χ3n) is 6.42. The van der Waals surface area contributed by atoms with Gasteiger partial charge < -0.3 is 4.57 Å². The highest BCUT2D eigenvalue weighted by molar-refractivity contribution is 5.77. The quantitative estimate of drug-likeness (QED) is 0.367. The van der Waals surface area contributed by atoms with Crippen LogP contribution in [-0.4, -0.2) is 27.5 Å². The molecular formula is C25H27F6N3. The lowest BCUT2D eigenvalue weighted by atomic mass is 9.86. The van der Waals surface area contributed by atoms with Crippen LogP contribution in [0.4, 0.5) is 26.3 Å². The predicted molar refractivity (Wildman–Crippen MR) is 118 cm³/mol. The zero-order valence-electron chi connectivity index (χ0n) is 19.3. The molecule has 1 saturated heterocycles. The van der Waals surface area contributed by atoms with Crippen LogP contribution in [0.3, 0.4) is 0 Å². The lowest BCUT2D eigenvalue weighted by Gasteiger charge is -2.34. The number of likely N-dealkylation sites (tertiary alicyclic amines) is 1. The van der Waals surface area contributed by atoms with E-state index in [2.05, 4.69) is 54.9 Å². The van der Waals surface area contributed by atoms with Gasteiger partial charge in [-0.25, -0.2) is 4.98 Å². The first-order valence-electron chi connectivity index (χ1n) is 11.2. The molecule has 1 fully saturated rings. The molecule has 0 aliphatic carbocycles. The molecule has 0 amide bonds. The fourth-order valence-corrected chi connectivity index (χ4v) is 4.55. The molecule has 1 aliphatic rings. The lowest BCUT2D eigenvalue weighted by Crippen LogP contribution is -2.35. The first-order chi connectivity index (χ1) is 15.7. The van der Waals surface area contributed by atoms with E-state index in [0.29, 0.717) is 38.5 Å². The van der Waals surface area contributed by atoms with Crippen molar-refractivity contribution >= 4 is 11.0 Å². The lowest BCUT2D eigenvalue weighted by molar-refractivity contribution is -0.148. The van der Waals surface area contributed by atoms with Gasteiger partial charge in [0.25, 0.3) is 0 Å². The Bertz CT molecular complexity index is 1140. The second-order valence-electron chi connectivity index (χ2n) is 9.96. The number of alkyl halides is 6. The number of benzene rings is 2. The minimum atomic E-state index is -4.76. The van der Waals surface area contributed by atoms with Gasteiger partial charge in [0.1, 0.15) is 0 Å². The number of imidazole rings is 1. The number of fused-ring (bicyclic) bond motifs is 1. The highest BCUT2D eigenvalue weighted by Gasteiger charge is 2.40. The van der Waals surface area contributed by atoms with Crippen LogP contribution in [-0.2, 0) is 24.3 Å². The summed E-state index contributed by atoms with van der Waals surface area (Å²) in [5, 5.41) is 0. The van der Waals surface area contributed by atoms with Crippen molar-refractivity contribution < 1.29 is 26.3 Å². The van der Waals surface area contributed by atoms with E-state index >= 15 is 0 Å². The summed E-state index contributed by atoms with van der Waals surface area (Å²) in [5.41, 5.74) is 1.21. The predicted octanol–water partition coefficient (Wildman–Crippen LogP) is 7.21. The summed E-state index contributed by atoms with van der Waals surface area (Å²) in [4.78, 5) is 5.76. The first kappa shape index (κ1) is 24.6. The Hall–Kier alpha value is -2.55. The summed E-state index contributed by atoms with van der Waals surface area (Å²) < 4.78 is 81.5. The molecule has 0 N–H and O–H groups in total. The van der Waals surface area contributed by atoms with E-state index in [4.69, 9.17) is 0 Å². The van der Waals surface area contributed by atoms with Gasteiger partial charge in [-0.2, -0.15) is 26.3 Å². The molecule has 0 atom stereocenters. The summed E-state index contributed by atoms with van der Waals surface area (Å²) in [6.45, 7) is 8.30. The van der Waals surface area contributed by atoms with E-state index in [1.54, 1.807) is 0 Å². The Morgan fingerprint density at radius 2 is 1.41 bits per heavy atom. The standard InChI is InChI=1S/C25H27F6N3/c1-23(2,3)17-6-4-16(5-7-17)15-33-12-10-19(11-13-33)34-21-9-8-18(24(26,27)28)14-20(21)32-22(34)25(29,30)31/h4-9,14,19H,10-13,15H2,1-3H3. The van der Waals surface area contributed by atoms with Gasteiger partial charge in [0, 0.05) is 25.7 Å². The highest BCUT2D eigenvalue weighted by atomic mass is 19.4. The van der Waals surface area contributed by atoms with Crippen LogP contribution in [0.1, 0.15) is 62.2 Å². The van der Waals surface area contributed by atoms with E-state index in [0.717, 1.165) is 22.3 Å². The molecule has 3 nitrogen and oxygen atoms in total. The molecule has 0 spiro atoms. The van der Waals surface area contributed by atoms with Crippen molar-refractivity contribution in [2.24, 2.45) is 0 Å². The smallest absolute Gasteiger partial charge is 0.317 e. The van der Waals surface area contributed by atoms with E-state index in [1.807, 2.05) is 0 Å². The molecule has 2 heterocycles. The molecule has 0 saturated carbocycles. The molecule has 2 aromatic carbocycles. The van der Waals surface area contributed by atoms with Crippen molar-refractivity contribution in [1.29, 1.82) is 0 Å². The molecule has 1 aliphatic heterocycles. The number of hydrogen-bond acceptors (Lipinski definition) is 2. The first-order valence-corrected chi connectivity index (χ1v) is 11.2. The molecule has 4 rings (SSSR count). The Labute approximate surface area is 194 Å². The fourth-order valence-electron chi connectivity index (χ4n) is 4.55. The third-order valence-corrected chi connectivity index (χ3v) is 6.42. The molecule has 0 unspecified atom stereocenters. The topological polar surface area (TPSA) is 21.1 Å². The summed E-state index contributed by atoms with van der Waals surface area (Å²) >= 11 is 0. The zero-order valence-corrected chi connectivity index (χ0v) is 19.3. The number of rotatable bonds is 3. The van der Waals surface area contributed by atoms with Gasteiger partial charge in [-0.1, -0.05) is 45.0 Å². The van der Waals surface area contributed by atoms with E-state index in [1.165, 1.54) is 5.56 Å². The van der Waals surface area contributed by atoms with Gasteiger partial charge in [0.2, 0.25) is 5.82 Å². The normalized spacial score (nSPS) is 17.0. The van der Waals surface area contributed by atoms with Gasteiger partial charge in [-0.05, 0) is 47.6 Å². The van der Waals surface area contributed by atoms with Crippen molar-refractivity contribution in [1.82, 2.24) is 14.5 Å². The van der Waals surface area contributed by atoms with Crippen LogP contribution in [0.25, 0.3) is 11.0 Å². The highest BCUT2D eigenvalue weighted by Crippen LogP contribution is 2.39. The van der Waals surface area contributed by atoms with E-state index in [-0.39, 0.29) is 16.4 Å². The van der Waals surface area contributed by atoms with Crippen LogP contribution in [0.5, 0.6) is 0 Å². The van der Waals surface area contributed by atoms with Crippen LogP contribution >= 0.6 is 0 Å². The molecule has 34 heavy (non-hydrogen) atoms. The molecule has 1 aromatic heterocycles. The van der Waals surface area contributed by atoms with Crippen molar-refractivity contribution in [2.75, 3.05) is 13.1 Å². The monoisotopic (exact) mass is 483 g/mol. The van der Waals surface area contributed by atoms with Crippen LogP contribution in [0.15, 0.2) is 42.5 Å². The largest absolute Gasteiger partial charge is 0.449 e. The molecule has 9 heteroatoms. The van der Waals surface area contributed by atoms with Gasteiger partial charge in [0.15, 0.2) is 0 Å². The van der Waals surface area contributed by atoms with Crippen LogP contribution < -0.4 is 0 Å². The zero-order chi connectivity index (χ0) is 24.9. The SMILES string of the molecule is CC(C)(C)c1ccc(CN2CCC(n3c(C(F)(F)F)nc4cc(C(F)(F)F)ccc43)CC2)cc1. The van der Waals surface area contributed by atoms with Crippen molar-refractivity contribution in [3.63, 3.8) is 0 Å².